The van der Waals surface area contributed by atoms with Gasteiger partial charge in [-0.2, -0.15) is 0 Å². The Morgan fingerprint density at radius 2 is 1.59 bits per heavy atom. The number of thiophene rings is 1. The van der Waals surface area contributed by atoms with Gasteiger partial charge in [0.25, 0.3) is 0 Å². The lowest BCUT2D eigenvalue weighted by Gasteiger charge is -2.07. The van der Waals surface area contributed by atoms with Gasteiger partial charge in [-0.25, -0.2) is 0 Å². The highest BCUT2D eigenvalue weighted by Crippen LogP contribution is 2.14. The molecule has 1 heterocycles. The Morgan fingerprint density at radius 3 is 2.28 bits per heavy atom. The standard InChI is InChI=1S/C25H21NO5S/c27-22(13-12-21-7-4-16-32-21)19-8-10-20(11-9-19)26-24(29)14-15-25(30)31-17-23(28)18-5-2-1-3-6-18/h1-13,16H,14-15,17H2,(H,26,29)/b13-12+. The Morgan fingerprint density at radius 1 is 0.844 bits per heavy atom. The average molecular weight is 448 g/mol. The molecule has 32 heavy (non-hydrogen) atoms. The van der Waals surface area contributed by atoms with Gasteiger partial charge in [0.05, 0.1) is 6.42 Å². The van der Waals surface area contributed by atoms with Crippen molar-refractivity contribution in [3.05, 3.63) is 94.2 Å². The monoisotopic (exact) mass is 447 g/mol. The lowest BCUT2D eigenvalue weighted by molar-refractivity contribution is -0.143. The van der Waals surface area contributed by atoms with Crippen LogP contribution in [0.1, 0.15) is 38.4 Å². The first-order chi connectivity index (χ1) is 15.5. The van der Waals surface area contributed by atoms with E-state index in [0.29, 0.717) is 16.8 Å². The van der Waals surface area contributed by atoms with Gasteiger partial charge in [0.1, 0.15) is 0 Å². The van der Waals surface area contributed by atoms with Crippen molar-refractivity contribution in [1.82, 2.24) is 0 Å². The lowest BCUT2D eigenvalue weighted by atomic mass is 10.1. The van der Waals surface area contributed by atoms with E-state index in [2.05, 4.69) is 5.32 Å². The smallest absolute Gasteiger partial charge is 0.306 e. The Hall–Kier alpha value is -3.84. The van der Waals surface area contributed by atoms with E-state index in [1.165, 1.54) is 6.08 Å². The molecule has 0 atom stereocenters. The van der Waals surface area contributed by atoms with Gasteiger partial charge in [0.2, 0.25) is 5.91 Å². The van der Waals surface area contributed by atoms with Crippen molar-refractivity contribution in [2.75, 3.05) is 11.9 Å². The lowest BCUT2D eigenvalue weighted by Crippen LogP contribution is -2.17. The van der Waals surface area contributed by atoms with Crippen molar-refractivity contribution < 1.29 is 23.9 Å². The summed E-state index contributed by atoms with van der Waals surface area (Å²) in [6.45, 7) is -0.360. The summed E-state index contributed by atoms with van der Waals surface area (Å²) in [6.07, 6.45) is 3.04. The maximum Gasteiger partial charge on any atom is 0.306 e. The number of anilines is 1. The molecular weight excluding hydrogens is 426 g/mol. The molecule has 0 aliphatic carbocycles. The normalized spacial score (nSPS) is 10.6. The first-order valence-electron chi connectivity index (χ1n) is 9.91. The summed E-state index contributed by atoms with van der Waals surface area (Å²) in [6, 6.07) is 18.9. The Balaban J connectivity index is 1.40. The molecule has 0 saturated heterocycles. The zero-order valence-electron chi connectivity index (χ0n) is 17.2. The van der Waals surface area contributed by atoms with Gasteiger partial charge < -0.3 is 10.1 Å². The summed E-state index contributed by atoms with van der Waals surface area (Å²) in [5, 5.41) is 4.60. The molecule has 1 N–H and O–H groups in total. The van der Waals surface area contributed by atoms with Crippen LogP contribution >= 0.6 is 11.3 Å². The third-order valence-electron chi connectivity index (χ3n) is 4.41. The maximum absolute atomic E-state index is 12.2. The minimum atomic E-state index is -0.622. The molecule has 0 aliphatic rings. The van der Waals surface area contributed by atoms with Crippen LogP contribution in [-0.4, -0.2) is 30.0 Å². The number of ketones is 2. The van der Waals surface area contributed by atoms with Crippen molar-refractivity contribution in [2.45, 2.75) is 12.8 Å². The zero-order valence-corrected chi connectivity index (χ0v) is 18.0. The van der Waals surface area contributed by atoms with Gasteiger partial charge in [0.15, 0.2) is 18.2 Å². The Bertz CT molecular complexity index is 1100. The Labute approximate surface area is 189 Å². The summed E-state index contributed by atoms with van der Waals surface area (Å²) < 4.78 is 4.94. The second-order valence-electron chi connectivity index (χ2n) is 6.79. The number of amides is 1. The van der Waals surface area contributed by atoms with Crippen LogP contribution in [0.15, 0.2) is 78.2 Å². The van der Waals surface area contributed by atoms with E-state index in [-0.39, 0.29) is 36.9 Å². The van der Waals surface area contributed by atoms with E-state index < -0.39 is 5.97 Å². The second-order valence-corrected chi connectivity index (χ2v) is 7.77. The number of benzene rings is 2. The van der Waals surface area contributed by atoms with Gasteiger partial charge in [-0.3, -0.25) is 19.2 Å². The molecule has 0 unspecified atom stereocenters. The fraction of sp³-hybridized carbons (Fsp3) is 0.120. The summed E-state index contributed by atoms with van der Waals surface area (Å²) >= 11 is 1.54. The number of hydrogen-bond donors (Lipinski definition) is 1. The highest BCUT2D eigenvalue weighted by Gasteiger charge is 2.12. The number of carbonyl (C=O) groups excluding carboxylic acids is 4. The van der Waals surface area contributed by atoms with Crippen molar-refractivity contribution in [1.29, 1.82) is 0 Å². The van der Waals surface area contributed by atoms with Crippen LogP contribution in [-0.2, 0) is 14.3 Å². The first kappa shape index (κ1) is 22.8. The Kier molecular flexibility index (Phi) is 8.22. The van der Waals surface area contributed by atoms with Crippen LogP contribution in [0.25, 0.3) is 6.08 Å². The molecule has 0 aliphatic heterocycles. The number of allylic oxidation sites excluding steroid dienone is 1. The van der Waals surface area contributed by atoms with E-state index in [1.54, 1.807) is 72.0 Å². The van der Waals surface area contributed by atoms with Crippen molar-refractivity contribution >= 4 is 46.5 Å². The molecule has 0 bridgehead atoms. The molecule has 2 aromatic carbocycles. The topological polar surface area (TPSA) is 89.5 Å². The number of esters is 1. The highest BCUT2D eigenvalue weighted by molar-refractivity contribution is 7.10. The summed E-state index contributed by atoms with van der Waals surface area (Å²) in [5.74, 6) is -1.43. The quantitative estimate of drug-likeness (QED) is 0.274. The third kappa shape index (κ3) is 7.14. The van der Waals surface area contributed by atoms with Crippen LogP contribution in [0.2, 0.25) is 0 Å². The molecule has 7 heteroatoms. The number of nitrogens with one attached hydrogen (secondary N) is 1. The van der Waals surface area contributed by atoms with Crippen LogP contribution < -0.4 is 5.32 Å². The summed E-state index contributed by atoms with van der Waals surface area (Å²) in [5.41, 5.74) is 1.48. The minimum absolute atomic E-state index is 0.0808. The predicted octanol–water partition coefficient (Wildman–Crippen LogP) is 4.79. The number of ether oxygens (including phenoxy) is 1. The molecule has 3 rings (SSSR count). The molecule has 1 aromatic heterocycles. The van der Waals surface area contributed by atoms with E-state index >= 15 is 0 Å². The number of carbonyl (C=O) groups is 4. The average Bonchev–Trinajstić information content (AvgIpc) is 3.34. The molecule has 0 fully saturated rings. The van der Waals surface area contributed by atoms with Gasteiger partial charge in [-0.15, -0.1) is 11.3 Å². The van der Waals surface area contributed by atoms with Gasteiger partial charge >= 0.3 is 5.97 Å². The van der Waals surface area contributed by atoms with Gasteiger partial charge in [-0.05, 0) is 47.9 Å². The molecule has 1 amide bonds. The van der Waals surface area contributed by atoms with Crippen LogP contribution in [0.3, 0.4) is 0 Å². The number of hydrogen-bond acceptors (Lipinski definition) is 6. The molecule has 0 spiro atoms. The molecule has 6 nitrogen and oxygen atoms in total. The van der Waals surface area contributed by atoms with E-state index in [1.807, 2.05) is 17.5 Å². The van der Waals surface area contributed by atoms with Crippen LogP contribution in [0, 0.1) is 0 Å². The van der Waals surface area contributed by atoms with Crippen molar-refractivity contribution in [3.63, 3.8) is 0 Å². The molecule has 0 radical (unpaired) electrons. The first-order valence-corrected chi connectivity index (χ1v) is 10.8. The minimum Gasteiger partial charge on any atom is -0.457 e. The van der Waals surface area contributed by atoms with Crippen molar-refractivity contribution in [3.8, 4) is 0 Å². The molecule has 3 aromatic rings. The van der Waals surface area contributed by atoms with E-state index in [0.717, 1.165) is 4.88 Å². The fourth-order valence-corrected chi connectivity index (χ4v) is 3.34. The fourth-order valence-electron chi connectivity index (χ4n) is 2.72. The van der Waals surface area contributed by atoms with Crippen molar-refractivity contribution in [2.24, 2.45) is 0 Å². The predicted molar refractivity (Wildman–Crippen MR) is 124 cm³/mol. The van der Waals surface area contributed by atoms with Crippen LogP contribution in [0.5, 0.6) is 0 Å². The third-order valence-corrected chi connectivity index (χ3v) is 5.25. The SMILES string of the molecule is O=C(CCC(=O)OCC(=O)c1ccccc1)Nc1ccc(C(=O)/C=C/c2cccs2)cc1. The van der Waals surface area contributed by atoms with Crippen LogP contribution in [0.4, 0.5) is 5.69 Å². The summed E-state index contributed by atoms with van der Waals surface area (Å²) in [7, 11) is 0. The maximum atomic E-state index is 12.2. The largest absolute Gasteiger partial charge is 0.457 e. The van der Waals surface area contributed by atoms with Gasteiger partial charge in [-0.1, -0.05) is 36.4 Å². The number of Topliss-reactive ketones (excluding diaryl/α,β-unsaturated/α-hetero) is 1. The molecule has 162 valence electrons. The summed E-state index contributed by atoms with van der Waals surface area (Å²) in [4.78, 5) is 49.0. The van der Waals surface area contributed by atoms with E-state index in [4.69, 9.17) is 4.74 Å². The zero-order chi connectivity index (χ0) is 22.8. The molecular formula is C25H21NO5S. The second kappa shape index (κ2) is 11.5. The molecule has 0 saturated carbocycles. The van der Waals surface area contributed by atoms with E-state index in [9.17, 15) is 19.2 Å². The number of rotatable bonds is 10. The highest BCUT2D eigenvalue weighted by atomic mass is 32.1. The van der Waals surface area contributed by atoms with Gasteiger partial charge in [0, 0.05) is 28.1 Å².